The maximum atomic E-state index is 11.2. The van der Waals surface area contributed by atoms with Crippen LogP contribution < -0.4 is 15.1 Å². The normalized spacial score (nSPS) is 12.1. The van der Waals surface area contributed by atoms with Crippen molar-refractivity contribution < 1.29 is 9.84 Å². The average Bonchev–Trinajstić information content (AvgIpc) is 2.67. The van der Waals surface area contributed by atoms with Crippen molar-refractivity contribution in [3.63, 3.8) is 0 Å². The van der Waals surface area contributed by atoms with E-state index in [2.05, 4.69) is 78.9 Å². The second-order valence-electron chi connectivity index (χ2n) is 9.83. The molecule has 0 aliphatic rings. The highest BCUT2D eigenvalue weighted by molar-refractivity contribution is 7.15. The van der Waals surface area contributed by atoms with E-state index < -0.39 is 16.1 Å². The van der Waals surface area contributed by atoms with Gasteiger partial charge >= 0.3 is 0 Å². The largest absolute Gasteiger partial charge is 0.507 e. The first-order valence-electron chi connectivity index (χ1n) is 10.5. The topological polar surface area (TPSA) is 29.5 Å². The van der Waals surface area contributed by atoms with Crippen LogP contribution in [-0.4, -0.2) is 21.3 Å². The van der Waals surface area contributed by atoms with Crippen LogP contribution in [-0.2, 0) is 6.16 Å². The molecule has 3 aromatic carbocycles. The first kappa shape index (κ1) is 22.8. The number of benzene rings is 3. The summed E-state index contributed by atoms with van der Waals surface area (Å²) in [5.41, 5.74) is 2.88. The molecule has 0 heterocycles. The first-order valence-corrected chi connectivity index (χ1v) is 18.3. The van der Waals surface area contributed by atoms with E-state index >= 15 is 0 Å². The minimum Gasteiger partial charge on any atom is -0.507 e. The summed E-state index contributed by atoms with van der Waals surface area (Å²) in [5, 5.41) is 13.6. The standard InChI is InChI=1S/C25H33O2PSi2/c1-29(2,3)20-12-8-11-19(16-20)27-25-18(17-28)10-7-14-22(25)21-13-9-15-23(24(21)26)30(4,5)6/h7-16,26H,17,28H2,1-6H3. The van der Waals surface area contributed by atoms with E-state index in [-0.39, 0.29) is 0 Å². The van der Waals surface area contributed by atoms with Gasteiger partial charge in [-0.3, -0.25) is 0 Å². The van der Waals surface area contributed by atoms with Crippen molar-refractivity contribution in [1.82, 2.24) is 0 Å². The summed E-state index contributed by atoms with van der Waals surface area (Å²) in [4.78, 5) is 0. The molecule has 0 aromatic heterocycles. The van der Waals surface area contributed by atoms with E-state index in [9.17, 15) is 5.11 Å². The summed E-state index contributed by atoms with van der Waals surface area (Å²) in [5.74, 6) is 2.06. The molecule has 1 atom stereocenters. The SMILES string of the molecule is C[Si](C)(C)c1cccc(Oc2c(CP)cccc2-c2cccc([Si](C)(C)C)c2O)c1. The Hall–Kier alpha value is -1.88. The zero-order valence-corrected chi connectivity index (χ0v) is 22.1. The number of aromatic hydroxyl groups is 1. The number of hydrogen-bond acceptors (Lipinski definition) is 2. The summed E-state index contributed by atoms with van der Waals surface area (Å²) in [6.45, 7) is 13.8. The molecule has 0 aliphatic carbocycles. The predicted molar refractivity (Wildman–Crippen MR) is 139 cm³/mol. The molecule has 0 radical (unpaired) electrons. The van der Waals surface area contributed by atoms with Crippen LogP contribution in [0.1, 0.15) is 5.56 Å². The Kier molecular flexibility index (Phi) is 6.61. The molecule has 0 spiro atoms. The van der Waals surface area contributed by atoms with Crippen molar-refractivity contribution in [2.75, 3.05) is 0 Å². The molecule has 30 heavy (non-hydrogen) atoms. The Bertz CT molecular complexity index is 1050. The lowest BCUT2D eigenvalue weighted by molar-refractivity contribution is 0.473. The van der Waals surface area contributed by atoms with Crippen molar-refractivity contribution >= 4 is 35.8 Å². The molecule has 0 fully saturated rings. The van der Waals surface area contributed by atoms with E-state index in [1.807, 2.05) is 30.3 Å². The zero-order chi connectivity index (χ0) is 22.1. The summed E-state index contributed by atoms with van der Waals surface area (Å²) < 4.78 is 6.51. The molecule has 0 bridgehead atoms. The van der Waals surface area contributed by atoms with Crippen LogP contribution in [0.2, 0.25) is 39.3 Å². The Morgan fingerprint density at radius 2 is 1.43 bits per heavy atom. The minimum atomic E-state index is -1.67. The van der Waals surface area contributed by atoms with Gasteiger partial charge in [0.2, 0.25) is 0 Å². The van der Waals surface area contributed by atoms with Gasteiger partial charge in [0.1, 0.15) is 17.2 Å². The number of rotatable bonds is 6. The van der Waals surface area contributed by atoms with Gasteiger partial charge < -0.3 is 9.84 Å². The minimum absolute atomic E-state index is 0.387. The molecule has 0 aliphatic heterocycles. The van der Waals surface area contributed by atoms with Gasteiger partial charge in [-0.15, -0.1) is 9.24 Å². The van der Waals surface area contributed by atoms with Crippen LogP contribution in [0.5, 0.6) is 17.2 Å². The smallest absolute Gasteiger partial charge is 0.138 e. The fourth-order valence-electron chi connectivity index (χ4n) is 3.59. The molecule has 5 heteroatoms. The average molecular weight is 453 g/mol. The molecule has 0 saturated heterocycles. The monoisotopic (exact) mass is 452 g/mol. The summed E-state index contributed by atoms with van der Waals surface area (Å²) in [6.07, 6.45) is 0.783. The van der Waals surface area contributed by atoms with Gasteiger partial charge in [-0.2, -0.15) is 0 Å². The third-order valence-corrected chi connectivity index (χ3v) is 9.87. The van der Waals surface area contributed by atoms with Crippen LogP contribution in [0, 0.1) is 0 Å². The quantitative estimate of drug-likeness (QED) is 0.350. The number of hydrogen-bond donors (Lipinski definition) is 1. The third kappa shape index (κ3) is 4.88. The Balaban J connectivity index is 2.15. The van der Waals surface area contributed by atoms with E-state index in [0.29, 0.717) is 5.75 Å². The lowest BCUT2D eigenvalue weighted by Crippen LogP contribution is -2.37. The third-order valence-electron chi connectivity index (χ3n) is 5.37. The van der Waals surface area contributed by atoms with Crippen LogP contribution in [0.25, 0.3) is 11.1 Å². The molecule has 3 rings (SSSR count). The Morgan fingerprint density at radius 3 is 2.07 bits per heavy atom. The molecular formula is C25H33O2PSi2. The van der Waals surface area contributed by atoms with Gasteiger partial charge in [0.25, 0.3) is 0 Å². The maximum absolute atomic E-state index is 11.2. The number of phenolic OH excluding ortho intramolecular Hbond substituents is 1. The summed E-state index contributed by atoms with van der Waals surface area (Å²) in [7, 11) is -0.318. The van der Waals surface area contributed by atoms with Gasteiger partial charge in [0, 0.05) is 11.1 Å². The molecule has 1 N–H and O–H groups in total. The van der Waals surface area contributed by atoms with Gasteiger partial charge in [-0.25, -0.2) is 0 Å². The van der Waals surface area contributed by atoms with Crippen LogP contribution in [0.15, 0.2) is 60.7 Å². The van der Waals surface area contributed by atoms with Crippen molar-refractivity contribution in [2.24, 2.45) is 0 Å². The van der Waals surface area contributed by atoms with Gasteiger partial charge in [-0.1, -0.05) is 93.0 Å². The molecular weight excluding hydrogens is 419 g/mol. The van der Waals surface area contributed by atoms with Crippen LogP contribution >= 0.6 is 9.24 Å². The van der Waals surface area contributed by atoms with Crippen LogP contribution in [0.3, 0.4) is 0 Å². The molecule has 1 unspecified atom stereocenters. The fraction of sp³-hybridized carbons (Fsp3) is 0.280. The van der Waals surface area contributed by atoms with Gasteiger partial charge in [0.15, 0.2) is 0 Å². The maximum Gasteiger partial charge on any atom is 0.138 e. The molecule has 158 valence electrons. The zero-order valence-electron chi connectivity index (χ0n) is 18.9. The lowest BCUT2D eigenvalue weighted by atomic mass is 10.0. The highest BCUT2D eigenvalue weighted by Crippen LogP contribution is 2.40. The van der Waals surface area contributed by atoms with E-state index in [0.717, 1.165) is 39.5 Å². The van der Waals surface area contributed by atoms with E-state index in [4.69, 9.17) is 4.74 Å². The molecule has 3 aromatic rings. The predicted octanol–water partition coefficient (Wildman–Crippen LogP) is 6.32. The van der Waals surface area contributed by atoms with E-state index in [1.54, 1.807) is 0 Å². The number of para-hydroxylation sites is 2. The molecule has 2 nitrogen and oxygen atoms in total. The van der Waals surface area contributed by atoms with Crippen molar-refractivity contribution in [3.05, 3.63) is 66.2 Å². The van der Waals surface area contributed by atoms with E-state index in [1.165, 1.54) is 5.19 Å². The fourth-order valence-corrected chi connectivity index (χ4v) is 6.52. The first-order chi connectivity index (χ1) is 14.0. The Morgan fingerprint density at radius 1 is 0.800 bits per heavy atom. The van der Waals surface area contributed by atoms with Crippen molar-refractivity contribution in [1.29, 1.82) is 0 Å². The van der Waals surface area contributed by atoms with Crippen LogP contribution in [0.4, 0.5) is 0 Å². The molecule has 0 amide bonds. The highest BCUT2D eigenvalue weighted by atomic mass is 31.0. The lowest BCUT2D eigenvalue weighted by Gasteiger charge is -2.22. The van der Waals surface area contributed by atoms with Crippen molar-refractivity contribution in [3.8, 4) is 28.4 Å². The molecule has 0 saturated carbocycles. The van der Waals surface area contributed by atoms with Gasteiger partial charge in [0.05, 0.1) is 16.1 Å². The summed E-state index contributed by atoms with van der Waals surface area (Å²) in [6, 6.07) is 20.7. The number of phenols is 1. The van der Waals surface area contributed by atoms with Gasteiger partial charge in [-0.05, 0) is 29.0 Å². The number of ether oxygens (including phenoxy) is 1. The Labute approximate surface area is 185 Å². The van der Waals surface area contributed by atoms with Crippen molar-refractivity contribution in [2.45, 2.75) is 45.4 Å². The second kappa shape index (κ2) is 8.70. The second-order valence-corrected chi connectivity index (χ2v) is 20.4. The highest BCUT2D eigenvalue weighted by Gasteiger charge is 2.24. The summed E-state index contributed by atoms with van der Waals surface area (Å²) >= 11 is 0.